The summed E-state index contributed by atoms with van der Waals surface area (Å²) in [5.74, 6) is -0.459. The Hall–Kier alpha value is -2.23. The Morgan fingerprint density at radius 1 is 0.931 bits per heavy atom. The highest BCUT2D eigenvalue weighted by Crippen LogP contribution is 2.17. The first-order chi connectivity index (χ1) is 13.6. The van der Waals surface area contributed by atoms with Crippen molar-refractivity contribution in [2.75, 3.05) is 19.3 Å². The summed E-state index contributed by atoms with van der Waals surface area (Å²) >= 11 is 0. The minimum atomic E-state index is -3.61. The summed E-state index contributed by atoms with van der Waals surface area (Å²) in [5.41, 5.74) is 0.307. The number of sulfonamides is 1. The molecule has 2 aromatic carbocycles. The van der Waals surface area contributed by atoms with Crippen molar-refractivity contribution in [3.05, 3.63) is 60.2 Å². The van der Waals surface area contributed by atoms with E-state index < -0.39 is 19.9 Å². The van der Waals surface area contributed by atoms with Crippen LogP contribution in [0.2, 0.25) is 0 Å². The van der Waals surface area contributed by atoms with Crippen LogP contribution in [0.4, 0.5) is 0 Å². The van der Waals surface area contributed by atoms with E-state index in [1.54, 1.807) is 44.2 Å². The average molecular weight is 439 g/mol. The molecule has 0 heterocycles. The Kier molecular flexibility index (Phi) is 7.56. The lowest BCUT2D eigenvalue weighted by atomic mass is 10.2. The second kappa shape index (κ2) is 9.51. The van der Waals surface area contributed by atoms with Gasteiger partial charge in [0.05, 0.1) is 15.5 Å². The standard InChI is InChI=1S/C20H26N2O5S2/c1-16(2)22(3)29(26,27)19-12-10-17(11-13-19)20(23)21-14-7-15-28(24,25)18-8-5-4-6-9-18/h4-6,8-13,16H,7,14-15H2,1-3H3,(H,21,23). The first-order valence-corrected chi connectivity index (χ1v) is 12.3. The van der Waals surface area contributed by atoms with E-state index in [1.807, 2.05) is 0 Å². The summed E-state index contributed by atoms with van der Waals surface area (Å²) in [6, 6.07) is 13.6. The molecule has 9 heteroatoms. The van der Waals surface area contributed by atoms with Crippen molar-refractivity contribution in [3.63, 3.8) is 0 Å². The van der Waals surface area contributed by atoms with Crippen LogP contribution < -0.4 is 5.32 Å². The van der Waals surface area contributed by atoms with E-state index in [0.717, 1.165) is 0 Å². The van der Waals surface area contributed by atoms with Crippen molar-refractivity contribution in [2.24, 2.45) is 0 Å². The van der Waals surface area contributed by atoms with E-state index in [0.29, 0.717) is 5.56 Å². The second-order valence-electron chi connectivity index (χ2n) is 6.88. The number of hydrogen-bond donors (Lipinski definition) is 1. The van der Waals surface area contributed by atoms with E-state index in [-0.39, 0.29) is 40.5 Å². The number of sulfone groups is 1. The first kappa shape index (κ1) is 23.1. The summed E-state index contributed by atoms with van der Waals surface area (Å²) < 4.78 is 50.6. The zero-order valence-electron chi connectivity index (χ0n) is 16.7. The van der Waals surface area contributed by atoms with Gasteiger partial charge in [-0.2, -0.15) is 4.31 Å². The summed E-state index contributed by atoms with van der Waals surface area (Å²) in [4.78, 5) is 12.6. The van der Waals surface area contributed by atoms with Gasteiger partial charge in [-0.3, -0.25) is 4.79 Å². The van der Waals surface area contributed by atoms with Crippen LogP contribution in [0, 0.1) is 0 Å². The van der Waals surface area contributed by atoms with Crippen molar-refractivity contribution in [1.29, 1.82) is 0 Å². The van der Waals surface area contributed by atoms with E-state index in [2.05, 4.69) is 5.32 Å². The van der Waals surface area contributed by atoms with Gasteiger partial charge in [-0.25, -0.2) is 16.8 Å². The second-order valence-corrected chi connectivity index (χ2v) is 11.0. The Balaban J connectivity index is 1.92. The average Bonchev–Trinajstić information content (AvgIpc) is 2.71. The molecule has 0 saturated carbocycles. The summed E-state index contributed by atoms with van der Waals surface area (Å²) in [6.07, 6.45) is 0.272. The summed E-state index contributed by atoms with van der Waals surface area (Å²) in [6.45, 7) is 3.75. The highest BCUT2D eigenvalue weighted by molar-refractivity contribution is 7.91. The molecular formula is C20H26N2O5S2. The van der Waals surface area contributed by atoms with Crippen LogP contribution in [0.5, 0.6) is 0 Å². The molecule has 0 bridgehead atoms. The predicted octanol–water partition coefficient (Wildman–Crippen LogP) is 2.31. The van der Waals surface area contributed by atoms with Crippen LogP contribution in [0.15, 0.2) is 64.4 Å². The van der Waals surface area contributed by atoms with E-state index in [1.165, 1.54) is 35.6 Å². The lowest BCUT2D eigenvalue weighted by Gasteiger charge is -2.21. The highest BCUT2D eigenvalue weighted by atomic mass is 32.2. The number of nitrogens with zero attached hydrogens (tertiary/aromatic N) is 1. The van der Waals surface area contributed by atoms with Crippen molar-refractivity contribution in [3.8, 4) is 0 Å². The molecular weight excluding hydrogens is 412 g/mol. The molecule has 158 valence electrons. The van der Waals surface area contributed by atoms with E-state index in [9.17, 15) is 21.6 Å². The fourth-order valence-electron chi connectivity index (χ4n) is 2.53. The third-order valence-electron chi connectivity index (χ3n) is 4.50. The number of carbonyl (C=O) groups is 1. The van der Waals surface area contributed by atoms with Gasteiger partial charge < -0.3 is 5.32 Å². The molecule has 2 aromatic rings. The molecule has 0 unspecified atom stereocenters. The van der Waals surface area contributed by atoms with Gasteiger partial charge in [0.2, 0.25) is 10.0 Å². The predicted molar refractivity (Wildman–Crippen MR) is 112 cm³/mol. The van der Waals surface area contributed by atoms with Gasteiger partial charge >= 0.3 is 0 Å². The number of hydrogen-bond acceptors (Lipinski definition) is 5. The molecule has 0 aromatic heterocycles. The first-order valence-electron chi connectivity index (χ1n) is 9.20. The van der Waals surface area contributed by atoms with Gasteiger partial charge in [0.1, 0.15) is 0 Å². The maximum absolute atomic E-state index is 12.4. The lowest BCUT2D eigenvalue weighted by molar-refractivity contribution is 0.0953. The van der Waals surface area contributed by atoms with Crippen LogP contribution in [-0.2, 0) is 19.9 Å². The third-order valence-corrected chi connectivity index (χ3v) is 8.36. The van der Waals surface area contributed by atoms with Gasteiger partial charge in [0, 0.05) is 25.2 Å². The molecule has 0 atom stereocenters. The monoisotopic (exact) mass is 438 g/mol. The fraction of sp³-hybridized carbons (Fsp3) is 0.350. The minimum absolute atomic E-state index is 0.0734. The molecule has 0 aliphatic carbocycles. The van der Waals surface area contributed by atoms with E-state index in [4.69, 9.17) is 0 Å². The summed E-state index contributed by atoms with van der Waals surface area (Å²) in [7, 11) is -5.49. The van der Waals surface area contributed by atoms with Crippen molar-refractivity contribution in [2.45, 2.75) is 36.1 Å². The van der Waals surface area contributed by atoms with Crippen LogP contribution in [0.25, 0.3) is 0 Å². The topological polar surface area (TPSA) is 101 Å². The lowest BCUT2D eigenvalue weighted by Crippen LogP contribution is -2.33. The molecule has 0 radical (unpaired) electrons. The zero-order valence-corrected chi connectivity index (χ0v) is 18.3. The maximum Gasteiger partial charge on any atom is 0.251 e. The van der Waals surface area contributed by atoms with Gasteiger partial charge in [0.15, 0.2) is 9.84 Å². The number of benzene rings is 2. The van der Waals surface area contributed by atoms with Gasteiger partial charge in [-0.15, -0.1) is 0 Å². The third kappa shape index (κ3) is 5.88. The van der Waals surface area contributed by atoms with Crippen LogP contribution >= 0.6 is 0 Å². The Morgan fingerprint density at radius 2 is 1.52 bits per heavy atom. The molecule has 7 nitrogen and oxygen atoms in total. The zero-order chi connectivity index (χ0) is 21.7. The normalized spacial score (nSPS) is 12.3. The number of nitrogens with one attached hydrogen (secondary N) is 1. The van der Waals surface area contributed by atoms with Gasteiger partial charge in [-0.05, 0) is 56.7 Å². The highest BCUT2D eigenvalue weighted by Gasteiger charge is 2.23. The van der Waals surface area contributed by atoms with Gasteiger partial charge in [0.25, 0.3) is 5.91 Å². The van der Waals surface area contributed by atoms with E-state index >= 15 is 0 Å². The number of rotatable bonds is 9. The quantitative estimate of drug-likeness (QED) is 0.606. The number of carbonyl (C=O) groups excluding carboxylic acids is 1. The van der Waals surface area contributed by atoms with Crippen molar-refractivity contribution >= 4 is 25.8 Å². The smallest absolute Gasteiger partial charge is 0.251 e. The molecule has 0 aliphatic rings. The Bertz CT molecular complexity index is 1030. The molecule has 0 fully saturated rings. The Morgan fingerprint density at radius 3 is 2.07 bits per heavy atom. The molecule has 0 saturated heterocycles. The molecule has 0 spiro atoms. The van der Waals surface area contributed by atoms with Crippen molar-refractivity contribution < 1.29 is 21.6 Å². The van der Waals surface area contributed by atoms with Crippen LogP contribution in [0.1, 0.15) is 30.6 Å². The maximum atomic E-state index is 12.4. The van der Waals surface area contributed by atoms with Crippen molar-refractivity contribution in [1.82, 2.24) is 9.62 Å². The number of amides is 1. The molecule has 2 rings (SSSR count). The van der Waals surface area contributed by atoms with Crippen LogP contribution in [-0.4, -0.2) is 52.4 Å². The Labute approximate surface area is 172 Å². The SMILES string of the molecule is CC(C)N(C)S(=O)(=O)c1ccc(C(=O)NCCCS(=O)(=O)c2ccccc2)cc1. The fourth-order valence-corrected chi connectivity index (χ4v) is 5.23. The summed E-state index contributed by atoms with van der Waals surface area (Å²) in [5, 5.41) is 2.66. The molecule has 0 aliphatic heterocycles. The molecule has 1 N–H and O–H groups in total. The molecule has 1 amide bonds. The van der Waals surface area contributed by atoms with Gasteiger partial charge in [-0.1, -0.05) is 18.2 Å². The minimum Gasteiger partial charge on any atom is -0.352 e. The molecule has 29 heavy (non-hydrogen) atoms. The van der Waals surface area contributed by atoms with Crippen LogP contribution in [0.3, 0.4) is 0 Å². The largest absolute Gasteiger partial charge is 0.352 e.